The number of H-pyrrole nitrogens is 1. The molecule has 2 fully saturated rings. The van der Waals surface area contributed by atoms with Crippen LogP contribution in [0.4, 0.5) is 0 Å². The lowest BCUT2D eigenvalue weighted by molar-refractivity contribution is -0.137. The Kier molecular flexibility index (Phi) is 4.40. The first-order valence-electron chi connectivity index (χ1n) is 11.0. The van der Waals surface area contributed by atoms with Crippen molar-refractivity contribution in [1.82, 2.24) is 20.2 Å². The molecular weight excluding hydrogens is 404 g/mol. The summed E-state index contributed by atoms with van der Waals surface area (Å²) in [6, 6.07) is 11.9. The van der Waals surface area contributed by atoms with Crippen molar-refractivity contribution in [1.29, 1.82) is 0 Å². The molecule has 3 aromatic rings. The van der Waals surface area contributed by atoms with Gasteiger partial charge in [-0.25, -0.2) is 0 Å². The third-order valence-electron chi connectivity index (χ3n) is 6.97. The highest BCUT2D eigenvalue weighted by molar-refractivity contribution is 5.93. The first-order chi connectivity index (χ1) is 15.6. The highest BCUT2D eigenvalue weighted by Crippen LogP contribution is 2.52. The number of pyridine rings is 1. The molecule has 1 spiro atoms. The fraction of sp³-hybridized carbons (Fsp3) is 0.320. The number of para-hydroxylation sites is 1. The Bertz CT molecular complexity index is 1220. The van der Waals surface area contributed by atoms with E-state index in [2.05, 4.69) is 21.4 Å². The van der Waals surface area contributed by atoms with Gasteiger partial charge in [0.15, 0.2) is 0 Å². The Labute approximate surface area is 185 Å². The number of benzene rings is 1. The minimum absolute atomic E-state index is 0.00885. The Morgan fingerprint density at radius 2 is 2.09 bits per heavy atom. The zero-order valence-electron chi connectivity index (χ0n) is 17.5. The second kappa shape index (κ2) is 7.31. The number of ether oxygens (including phenoxy) is 1. The number of rotatable bonds is 6. The molecule has 162 valence electrons. The van der Waals surface area contributed by atoms with Gasteiger partial charge in [-0.2, -0.15) is 0 Å². The van der Waals surface area contributed by atoms with Crippen LogP contribution in [-0.2, 0) is 27.3 Å². The molecule has 2 amide bonds. The molecule has 0 saturated carbocycles. The smallest absolute Gasteiger partial charge is 0.230 e. The Hall–Kier alpha value is -3.45. The zero-order chi connectivity index (χ0) is 21.7. The number of hydrogen-bond donors (Lipinski definition) is 2. The van der Waals surface area contributed by atoms with E-state index in [1.54, 1.807) is 17.3 Å². The van der Waals surface area contributed by atoms with Crippen molar-refractivity contribution in [2.24, 2.45) is 11.8 Å². The minimum atomic E-state index is -0.687. The molecule has 32 heavy (non-hydrogen) atoms. The van der Waals surface area contributed by atoms with Crippen LogP contribution in [0.25, 0.3) is 10.9 Å². The molecule has 2 aromatic heterocycles. The number of nitrogens with one attached hydrogen (secondary N) is 2. The van der Waals surface area contributed by atoms with E-state index in [0.29, 0.717) is 19.6 Å². The lowest BCUT2D eigenvalue weighted by Crippen LogP contribution is -2.44. The number of carbonyl (C=O) groups is 2. The van der Waals surface area contributed by atoms with Crippen molar-refractivity contribution in [3.05, 3.63) is 78.3 Å². The standard InChI is InChI=1S/C25H24N4O3/c30-23(27-12-8-17-13-28-19-4-2-1-3-18(17)19)21-20-5-9-25(32-20)15-29(24(31)22(21)25)14-16-6-10-26-11-7-16/h1-7,9-11,13,20-22,28H,8,12,14-15H2,(H,27,30)/t20-,21?,22?,25-/m1/s1. The molecule has 1 aromatic carbocycles. The molecule has 6 rings (SSSR count). The molecule has 0 radical (unpaired) electrons. The molecule has 4 atom stereocenters. The zero-order valence-corrected chi connectivity index (χ0v) is 17.5. The average Bonchev–Trinajstić information content (AvgIpc) is 3.55. The van der Waals surface area contributed by atoms with Gasteiger partial charge in [0.05, 0.1) is 24.5 Å². The quantitative estimate of drug-likeness (QED) is 0.590. The van der Waals surface area contributed by atoms with E-state index in [-0.39, 0.29) is 17.9 Å². The third-order valence-corrected chi connectivity index (χ3v) is 6.97. The van der Waals surface area contributed by atoms with E-state index >= 15 is 0 Å². The monoisotopic (exact) mass is 428 g/mol. The van der Waals surface area contributed by atoms with Gasteiger partial charge >= 0.3 is 0 Å². The summed E-state index contributed by atoms with van der Waals surface area (Å²) in [6.07, 6.45) is 9.77. The van der Waals surface area contributed by atoms with Crippen LogP contribution in [0.1, 0.15) is 11.1 Å². The summed E-state index contributed by atoms with van der Waals surface area (Å²) in [4.78, 5) is 35.6. The van der Waals surface area contributed by atoms with Crippen LogP contribution < -0.4 is 5.32 Å². The van der Waals surface area contributed by atoms with E-state index in [4.69, 9.17) is 4.74 Å². The molecule has 3 aliphatic heterocycles. The molecule has 5 heterocycles. The van der Waals surface area contributed by atoms with Crippen molar-refractivity contribution in [2.45, 2.75) is 24.7 Å². The maximum Gasteiger partial charge on any atom is 0.230 e. The van der Waals surface area contributed by atoms with Crippen LogP contribution in [0.3, 0.4) is 0 Å². The Morgan fingerprint density at radius 1 is 1.25 bits per heavy atom. The normalized spacial score (nSPS) is 27.9. The Morgan fingerprint density at radius 3 is 2.97 bits per heavy atom. The van der Waals surface area contributed by atoms with Gasteiger partial charge in [0.1, 0.15) is 5.60 Å². The van der Waals surface area contributed by atoms with Crippen LogP contribution in [0.15, 0.2) is 67.1 Å². The first kappa shape index (κ1) is 19.3. The highest BCUT2D eigenvalue weighted by atomic mass is 16.5. The van der Waals surface area contributed by atoms with Crippen molar-refractivity contribution in [2.75, 3.05) is 13.1 Å². The van der Waals surface area contributed by atoms with Crippen LogP contribution >= 0.6 is 0 Å². The first-order valence-corrected chi connectivity index (χ1v) is 11.0. The lowest BCUT2D eigenvalue weighted by atomic mass is 9.77. The SMILES string of the molecule is O=C(NCCc1c[nH]c2ccccc12)C1C2C(=O)N(Cc3ccncc3)C[C@]23C=C[C@H]1O3. The molecule has 2 unspecified atom stereocenters. The fourth-order valence-electron chi connectivity index (χ4n) is 5.50. The van der Waals surface area contributed by atoms with Gasteiger partial charge in [0.2, 0.25) is 11.8 Å². The molecule has 2 N–H and O–H groups in total. The third kappa shape index (κ3) is 2.96. The van der Waals surface area contributed by atoms with E-state index in [1.807, 2.05) is 48.7 Å². The topological polar surface area (TPSA) is 87.3 Å². The molecule has 2 bridgehead atoms. The van der Waals surface area contributed by atoms with Crippen LogP contribution in [0, 0.1) is 11.8 Å². The number of aromatic nitrogens is 2. The number of hydrogen-bond acceptors (Lipinski definition) is 4. The maximum absolute atomic E-state index is 13.3. The molecule has 7 nitrogen and oxygen atoms in total. The second-order valence-corrected chi connectivity index (χ2v) is 8.85. The van der Waals surface area contributed by atoms with Crippen molar-refractivity contribution in [3.8, 4) is 0 Å². The molecule has 0 aliphatic carbocycles. The predicted octanol–water partition coefficient (Wildman–Crippen LogP) is 2.20. The van der Waals surface area contributed by atoms with E-state index in [9.17, 15) is 9.59 Å². The Balaban J connectivity index is 1.15. The van der Waals surface area contributed by atoms with Gasteiger partial charge < -0.3 is 19.9 Å². The van der Waals surface area contributed by atoms with Gasteiger partial charge in [-0.05, 0) is 35.7 Å². The minimum Gasteiger partial charge on any atom is -0.361 e. The van der Waals surface area contributed by atoms with Gasteiger partial charge in [0, 0.05) is 42.6 Å². The fourth-order valence-corrected chi connectivity index (χ4v) is 5.50. The van der Waals surface area contributed by atoms with E-state index < -0.39 is 17.4 Å². The number of aromatic amines is 1. The maximum atomic E-state index is 13.3. The molecule has 7 heteroatoms. The molecule has 2 saturated heterocycles. The number of amides is 2. The summed E-state index contributed by atoms with van der Waals surface area (Å²) in [5.74, 6) is -1.07. The number of likely N-dealkylation sites (tertiary alicyclic amines) is 1. The summed E-state index contributed by atoms with van der Waals surface area (Å²) >= 11 is 0. The van der Waals surface area contributed by atoms with Crippen molar-refractivity contribution < 1.29 is 14.3 Å². The molecular formula is C25H24N4O3. The molecule has 3 aliphatic rings. The summed E-state index contributed by atoms with van der Waals surface area (Å²) in [6.45, 7) is 1.49. The number of carbonyl (C=O) groups excluding carboxylic acids is 2. The summed E-state index contributed by atoms with van der Waals surface area (Å²) in [7, 11) is 0. The van der Waals surface area contributed by atoms with Crippen molar-refractivity contribution in [3.63, 3.8) is 0 Å². The van der Waals surface area contributed by atoms with Crippen molar-refractivity contribution >= 4 is 22.7 Å². The highest BCUT2D eigenvalue weighted by Gasteiger charge is 2.66. The van der Waals surface area contributed by atoms with Gasteiger partial charge in [-0.3, -0.25) is 14.6 Å². The summed E-state index contributed by atoms with van der Waals surface area (Å²) in [5, 5.41) is 4.23. The van der Waals surface area contributed by atoms with Crippen LogP contribution in [-0.4, -0.2) is 51.5 Å². The number of nitrogens with zero attached hydrogens (tertiary/aromatic N) is 2. The lowest BCUT2D eigenvalue weighted by Gasteiger charge is -2.23. The second-order valence-electron chi connectivity index (χ2n) is 8.85. The summed E-state index contributed by atoms with van der Waals surface area (Å²) < 4.78 is 6.21. The van der Waals surface area contributed by atoms with Gasteiger partial charge in [0.25, 0.3) is 0 Å². The van der Waals surface area contributed by atoms with Crippen LogP contribution in [0.2, 0.25) is 0 Å². The largest absolute Gasteiger partial charge is 0.361 e. The van der Waals surface area contributed by atoms with E-state index in [1.165, 1.54) is 10.9 Å². The van der Waals surface area contributed by atoms with Crippen LogP contribution in [0.5, 0.6) is 0 Å². The van der Waals surface area contributed by atoms with Gasteiger partial charge in [-0.15, -0.1) is 0 Å². The average molecular weight is 428 g/mol. The number of fused-ring (bicyclic) bond motifs is 2. The predicted molar refractivity (Wildman–Crippen MR) is 118 cm³/mol. The summed E-state index contributed by atoms with van der Waals surface area (Å²) in [5.41, 5.74) is 2.59. The van der Waals surface area contributed by atoms with Gasteiger partial charge in [-0.1, -0.05) is 30.4 Å². The van der Waals surface area contributed by atoms with E-state index in [0.717, 1.165) is 17.5 Å².